The summed E-state index contributed by atoms with van der Waals surface area (Å²) in [6.45, 7) is 1.90. The van der Waals surface area contributed by atoms with Crippen molar-refractivity contribution in [3.05, 3.63) is 83.0 Å². The van der Waals surface area contributed by atoms with Gasteiger partial charge in [0.05, 0.1) is 23.5 Å². The minimum absolute atomic E-state index is 0.00820. The van der Waals surface area contributed by atoms with E-state index in [2.05, 4.69) is 20.6 Å². The van der Waals surface area contributed by atoms with E-state index in [1.54, 1.807) is 0 Å². The molecule has 1 atom stereocenters. The van der Waals surface area contributed by atoms with Gasteiger partial charge in [0, 0.05) is 5.69 Å². The second kappa shape index (κ2) is 7.93. The molecule has 0 radical (unpaired) electrons. The van der Waals surface area contributed by atoms with Crippen molar-refractivity contribution in [2.45, 2.75) is 13.0 Å². The van der Waals surface area contributed by atoms with Crippen LogP contribution in [0.3, 0.4) is 0 Å². The van der Waals surface area contributed by atoms with Crippen LogP contribution in [0.25, 0.3) is 0 Å². The summed E-state index contributed by atoms with van der Waals surface area (Å²) in [5.74, 6) is -0.395. The normalized spacial score (nSPS) is 11.7. The van der Waals surface area contributed by atoms with Crippen LogP contribution in [-0.2, 0) is 0 Å². The highest BCUT2D eigenvalue weighted by Gasteiger charge is 2.13. The van der Waals surface area contributed by atoms with E-state index in [-0.39, 0.29) is 22.7 Å². The van der Waals surface area contributed by atoms with Crippen molar-refractivity contribution < 1.29 is 9.18 Å². The van der Waals surface area contributed by atoms with Crippen LogP contribution in [0.2, 0.25) is 5.02 Å². The van der Waals surface area contributed by atoms with Gasteiger partial charge in [0.25, 0.3) is 5.91 Å². The van der Waals surface area contributed by atoms with Crippen LogP contribution in [0.15, 0.2) is 60.9 Å². The molecule has 0 saturated heterocycles. The smallest absolute Gasteiger partial charge is 0.271 e. The number of hydrogen-bond donors (Lipinski definition) is 2. The molecule has 3 rings (SSSR count). The standard InChI is InChI=1S/C19H16ClFN4O/c1-12(13-5-3-2-4-6-13)24-19(26)17-10-23-18(11-22-17)25-14-7-8-16(21)15(20)9-14/h2-12H,1H3,(H,23,25)(H,24,26). The number of aromatic nitrogens is 2. The maximum Gasteiger partial charge on any atom is 0.271 e. The SMILES string of the molecule is CC(NC(=O)c1cnc(Nc2ccc(F)c(Cl)c2)cn1)c1ccccc1. The topological polar surface area (TPSA) is 66.9 Å². The first kappa shape index (κ1) is 17.8. The average Bonchev–Trinajstić information content (AvgIpc) is 2.66. The van der Waals surface area contributed by atoms with Crippen LogP contribution in [0.4, 0.5) is 15.9 Å². The number of anilines is 2. The van der Waals surface area contributed by atoms with E-state index in [1.807, 2.05) is 37.3 Å². The Morgan fingerprint density at radius 3 is 2.54 bits per heavy atom. The van der Waals surface area contributed by atoms with Gasteiger partial charge in [-0.3, -0.25) is 4.79 Å². The quantitative estimate of drug-likeness (QED) is 0.693. The number of carbonyl (C=O) groups excluding carboxylic acids is 1. The van der Waals surface area contributed by atoms with E-state index in [0.29, 0.717) is 11.5 Å². The Morgan fingerprint density at radius 2 is 1.88 bits per heavy atom. The molecule has 7 heteroatoms. The number of nitrogens with zero attached hydrogens (tertiary/aromatic N) is 2. The molecule has 132 valence electrons. The summed E-state index contributed by atoms with van der Waals surface area (Å²) in [4.78, 5) is 20.6. The Kier molecular flexibility index (Phi) is 5.43. The molecular formula is C19H16ClFN4O. The van der Waals surface area contributed by atoms with Crippen LogP contribution in [-0.4, -0.2) is 15.9 Å². The van der Waals surface area contributed by atoms with Gasteiger partial charge in [0.15, 0.2) is 0 Å². The number of rotatable bonds is 5. The van der Waals surface area contributed by atoms with Crippen molar-refractivity contribution in [3.8, 4) is 0 Å². The molecule has 0 aliphatic rings. The van der Waals surface area contributed by atoms with Gasteiger partial charge in [0.1, 0.15) is 17.3 Å². The third-order valence-electron chi connectivity index (χ3n) is 3.72. The molecule has 1 heterocycles. The first-order valence-corrected chi connectivity index (χ1v) is 8.30. The van der Waals surface area contributed by atoms with Gasteiger partial charge in [-0.2, -0.15) is 0 Å². The lowest BCUT2D eigenvalue weighted by Crippen LogP contribution is -2.27. The number of benzene rings is 2. The Morgan fingerprint density at radius 1 is 1.12 bits per heavy atom. The van der Waals surface area contributed by atoms with Crippen LogP contribution in [0.5, 0.6) is 0 Å². The number of hydrogen-bond acceptors (Lipinski definition) is 4. The van der Waals surface area contributed by atoms with Crippen molar-refractivity contribution in [3.63, 3.8) is 0 Å². The zero-order valence-corrected chi connectivity index (χ0v) is 14.7. The molecule has 1 aromatic heterocycles. The van der Waals surface area contributed by atoms with Crippen molar-refractivity contribution in [2.24, 2.45) is 0 Å². The van der Waals surface area contributed by atoms with Crippen molar-refractivity contribution in [2.75, 3.05) is 5.32 Å². The van der Waals surface area contributed by atoms with Crippen molar-refractivity contribution in [1.29, 1.82) is 0 Å². The summed E-state index contributed by atoms with van der Waals surface area (Å²) >= 11 is 5.74. The second-order valence-corrected chi connectivity index (χ2v) is 6.05. The summed E-state index contributed by atoms with van der Waals surface area (Å²) in [5, 5.41) is 5.83. The number of halogens is 2. The third-order valence-corrected chi connectivity index (χ3v) is 4.01. The van der Waals surface area contributed by atoms with E-state index in [1.165, 1.54) is 30.6 Å². The fourth-order valence-corrected chi connectivity index (χ4v) is 2.51. The molecule has 1 unspecified atom stereocenters. The first-order chi connectivity index (χ1) is 12.5. The van der Waals surface area contributed by atoms with Gasteiger partial charge in [-0.1, -0.05) is 41.9 Å². The maximum absolute atomic E-state index is 13.2. The van der Waals surface area contributed by atoms with Gasteiger partial charge in [-0.05, 0) is 30.7 Å². The van der Waals surface area contributed by atoms with Gasteiger partial charge < -0.3 is 10.6 Å². The van der Waals surface area contributed by atoms with Crippen molar-refractivity contribution in [1.82, 2.24) is 15.3 Å². The second-order valence-electron chi connectivity index (χ2n) is 5.65. The number of nitrogens with one attached hydrogen (secondary N) is 2. The molecule has 0 aliphatic heterocycles. The average molecular weight is 371 g/mol. The summed E-state index contributed by atoms with van der Waals surface area (Å²) in [6, 6.07) is 13.7. The van der Waals surface area contributed by atoms with Crippen LogP contribution >= 0.6 is 11.6 Å². The first-order valence-electron chi connectivity index (χ1n) is 7.93. The monoisotopic (exact) mass is 370 g/mol. The predicted molar refractivity (Wildman–Crippen MR) is 99.0 cm³/mol. The highest BCUT2D eigenvalue weighted by molar-refractivity contribution is 6.31. The predicted octanol–water partition coefficient (Wildman–Crippen LogP) is 4.50. The molecule has 2 aromatic carbocycles. The van der Waals surface area contributed by atoms with E-state index in [0.717, 1.165) is 5.56 Å². The minimum atomic E-state index is -0.497. The van der Waals surface area contributed by atoms with Gasteiger partial charge in [-0.25, -0.2) is 14.4 Å². The largest absolute Gasteiger partial charge is 0.344 e. The molecule has 0 spiro atoms. The lowest BCUT2D eigenvalue weighted by molar-refractivity contribution is 0.0934. The van der Waals surface area contributed by atoms with Crippen LogP contribution in [0, 0.1) is 5.82 Å². The Balaban J connectivity index is 1.65. The molecule has 3 aromatic rings. The van der Waals surface area contributed by atoms with E-state index in [4.69, 9.17) is 11.6 Å². The molecule has 0 aliphatic carbocycles. The van der Waals surface area contributed by atoms with E-state index in [9.17, 15) is 9.18 Å². The molecule has 26 heavy (non-hydrogen) atoms. The summed E-state index contributed by atoms with van der Waals surface area (Å²) in [7, 11) is 0. The molecule has 1 amide bonds. The molecule has 0 bridgehead atoms. The Hall–Kier alpha value is -2.99. The van der Waals surface area contributed by atoms with Crippen LogP contribution in [0.1, 0.15) is 29.0 Å². The lowest BCUT2D eigenvalue weighted by Gasteiger charge is -2.14. The van der Waals surface area contributed by atoms with E-state index < -0.39 is 5.82 Å². The van der Waals surface area contributed by atoms with E-state index >= 15 is 0 Å². The molecular weight excluding hydrogens is 355 g/mol. The fraction of sp³-hybridized carbons (Fsp3) is 0.105. The van der Waals surface area contributed by atoms with Gasteiger partial charge in [0.2, 0.25) is 0 Å². The minimum Gasteiger partial charge on any atom is -0.344 e. The van der Waals surface area contributed by atoms with Crippen molar-refractivity contribution >= 4 is 29.0 Å². The highest BCUT2D eigenvalue weighted by Crippen LogP contribution is 2.21. The Bertz CT molecular complexity index is 903. The molecule has 0 fully saturated rings. The highest BCUT2D eigenvalue weighted by atomic mass is 35.5. The number of carbonyl (C=O) groups is 1. The van der Waals surface area contributed by atoms with Gasteiger partial charge >= 0.3 is 0 Å². The maximum atomic E-state index is 13.2. The summed E-state index contributed by atoms with van der Waals surface area (Å²) < 4.78 is 13.2. The lowest BCUT2D eigenvalue weighted by atomic mass is 10.1. The third kappa shape index (κ3) is 4.34. The number of amides is 1. The molecule has 5 nitrogen and oxygen atoms in total. The zero-order valence-electron chi connectivity index (χ0n) is 13.9. The fourth-order valence-electron chi connectivity index (χ4n) is 2.33. The summed E-state index contributed by atoms with van der Waals surface area (Å²) in [5.41, 5.74) is 1.77. The summed E-state index contributed by atoms with van der Waals surface area (Å²) in [6.07, 6.45) is 2.81. The molecule has 0 saturated carbocycles. The zero-order chi connectivity index (χ0) is 18.5. The molecule has 2 N–H and O–H groups in total. The Labute approximate surface area is 155 Å². The van der Waals surface area contributed by atoms with Crippen LogP contribution < -0.4 is 10.6 Å². The van der Waals surface area contributed by atoms with Gasteiger partial charge in [-0.15, -0.1) is 0 Å².